The predicted molar refractivity (Wildman–Crippen MR) is 73.3 cm³/mol. The molecule has 1 N–H and O–H groups in total. The lowest BCUT2D eigenvalue weighted by atomic mass is 10.1. The van der Waals surface area contributed by atoms with Gasteiger partial charge < -0.3 is 20.2 Å². The summed E-state index contributed by atoms with van der Waals surface area (Å²) in [7, 11) is 1.76. The van der Waals surface area contributed by atoms with E-state index >= 15 is 0 Å². The Hall–Kier alpha value is -1.63. The Morgan fingerprint density at radius 1 is 1.53 bits per heavy atom. The first-order chi connectivity index (χ1) is 8.88. The van der Waals surface area contributed by atoms with Crippen LogP contribution in [0.3, 0.4) is 0 Å². The molecule has 0 saturated carbocycles. The molecule has 1 aromatic heterocycles. The molecule has 1 atom stereocenters. The summed E-state index contributed by atoms with van der Waals surface area (Å²) in [5.41, 5.74) is 0. The van der Waals surface area contributed by atoms with Gasteiger partial charge in [-0.25, -0.2) is 0 Å². The van der Waals surface area contributed by atoms with Gasteiger partial charge in [-0.2, -0.15) is 0 Å². The molecule has 0 aliphatic heterocycles. The Morgan fingerprint density at radius 2 is 2.16 bits per heavy atom. The van der Waals surface area contributed by atoms with Crippen molar-refractivity contribution in [3.63, 3.8) is 0 Å². The Balaban J connectivity index is 2.98. The normalized spacial score (nSPS) is 12.7. The average Bonchev–Trinajstić information content (AvgIpc) is 2.61. The highest BCUT2D eigenvalue weighted by atomic mass is 16.6. The summed E-state index contributed by atoms with van der Waals surface area (Å²) < 4.78 is 7.11. The van der Waals surface area contributed by atoms with Gasteiger partial charge in [-0.15, -0.1) is 0 Å². The molecule has 0 aromatic carbocycles. The first kappa shape index (κ1) is 15.4. The second-order valence-electron chi connectivity index (χ2n) is 4.80. The third kappa shape index (κ3) is 3.66. The van der Waals surface area contributed by atoms with Gasteiger partial charge in [-0.3, -0.25) is 4.57 Å². The van der Waals surface area contributed by atoms with Crippen molar-refractivity contribution < 1.29 is 9.66 Å². The SMILES string of the molecule is CCOCC(Nc1c([N+](=O)[O-])nc(C)n1C)C(C)C. The molecule has 0 bridgehead atoms. The van der Waals surface area contributed by atoms with Crippen LogP contribution in [0, 0.1) is 23.0 Å². The fourth-order valence-electron chi connectivity index (χ4n) is 1.70. The molecule has 0 radical (unpaired) electrons. The molecule has 1 rings (SSSR count). The molecule has 108 valence electrons. The minimum atomic E-state index is -0.465. The van der Waals surface area contributed by atoms with Crippen molar-refractivity contribution in [1.82, 2.24) is 9.55 Å². The number of nitrogens with zero attached hydrogens (tertiary/aromatic N) is 3. The zero-order chi connectivity index (χ0) is 14.6. The maximum Gasteiger partial charge on any atom is 0.406 e. The van der Waals surface area contributed by atoms with E-state index in [-0.39, 0.29) is 11.9 Å². The number of ether oxygens (including phenoxy) is 1. The van der Waals surface area contributed by atoms with Crippen LogP contribution in [-0.4, -0.2) is 33.7 Å². The van der Waals surface area contributed by atoms with E-state index in [1.165, 1.54) is 0 Å². The first-order valence-electron chi connectivity index (χ1n) is 6.40. The maximum atomic E-state index is 11.0. The summed E-state index contributed by atoms with van der Waals surface area (Å²) in [6.07, 6.45) is 0. The van der Waals surface area contributed by atoms with Crippen LogP contribution in [0.1, 0.15) is 26.6 Å². The molecular formula is C12H22N4O3. The van der Waals surface area contributed by atoms with Gasteiger partial charge in [0.2, 0.25) is 11.6 Å². The van der Waals surface area contributed by atoms with Crippen molar-refractivity contribution in [3.8, 4) is 0 Å². The van der Waals surface area contributed by atoms with Crippen LogP contribution in [-0.2, 0) is 11.8 Å². The van der Waals surface area contributed by atoms with Crippen molar-refractivity contribution in [3.05, 3.63) is 15.9 Å². The molecule has 0 aliphatic carbocycles. The van der Waals surface area contributed by atoms with Gasteiger partial charge >= 0.3 is 5.82 Å². The minimum absolute atomic E-state index is 0.00782. The number of aromatic nitrogens is 2. The summed E-state index contributed by atoms with van der Waals surface area (Å²) in [5.74, 6) is 1.19. The molecule has 7 heteroatoms. The van der Waals surface area contributed by atoms with Crippen LogP contribution < -0.4 is 5.32 Å². The van der Waals surface area contributed by atoms with Gasteiger partial charge in [0.05, 0.1) is 12.6 Å². The third-order valence-corrected chi connectivity index (χ3v) is 3.10. The van der Waals surface area contributed by atoms with Crippen LogP contribution in [0.25, 0.3) is 0 Å². The molecule has 1 unspecified atom stereocenters. The van der Waals surface area contributed by atoms with Crippen LogP contribution in [0.15, 0.2) is 0 Å². The van der Waals surface area contributed by atoms with Crippen molar-refractivity contribution in [2.24, 2.45) is 13.0 Å². The summed E-state index contributed by atoms with van der Waals surface area (Å²) in [4.78, 5) is 14.5. The average molecular weight is 270 g/mol. The topological polar surface area (TPSA) is 82.2 Å². The third-order valence-electron chi connectivity index (χ3n) is 3.10. The van der Waals surface area contributed by atoms with E-state index in [4.69, 9.17) is 4.74 Å². The van der Waals surface area contributed by atoms with Gasteiger partial charge in [0, 0.05) is 20.6 Å². The standard InChI is InChI=1S/C12H22N4O3/c1-6-19-7-10(8(2)3)14-11-12(16(17)18)13-9(4)15(11)5/h8,10,14H,6-7H2,1-5H3. The minimum Gasteiger partial charge on any atom is -0.380 e. The van der Waals surface area contributed by atoms with Gasteiger partial charge in [0.1, 0.15) is 0 Å². The fourth-order valence-corrected chi connectivity index (χ4v) is 1.70. The van der Waals surface area contributed by atoms with E-state index in [1.54, 1.807) is 18.5 Å². The smallest absolute Gasteiger partial charge is 0.380 e. The van der Waals surface area contributed by atoms with Crippen molar-refractivity contribution in [2.75, 3.05) is 18.5 Å². The Labute approximate surface area is 113 Å². The lowest BCUT2D eigenvalue weighted by Gasteiger charge is -2.22. The van der Waals surface area contributed by atoms with Gasteiger partial charge in [0.15, 0.2) is 0 Å². The van der Waals surface area contributed by atoms with Gasteiger partial charge in [0.25, 0.3) is 0 Å². The molecule has 0 amide bonds. The van der Waals surface area contributed by atoms with Crippen LogP contribution in [0.4, 0.5) is 11.6 Å². The Bertz CT molecular complexity index is 442. The molecule has 0 fully saturated rings. The highest BCUT2D eigenvalue weighted by Gasteiger charge is 2.26. The molecule has 19 heavy (non-hydrogen) atoms. The summed E-state index contributed by atoms with van der Waals surface area (Å²) in [6.45, 7) is 8.89. The second-order valence-corrected chi connectivity index (χ2v) is 4.80. The predicted octanol–water partition coefficient (Wildman–Crippen LogP) is 2.11. The highest BCUT2D eigenvalue weighted by molar-refractivity contribution is 5.54. The number of hydrogen-bond acceptors (Lipinski definition) is 5. The lowest BCUT2D eigenvalue weighted by Crippen LogP contribution is -2.32. The maximum absolute atomic E-state index is 11.0. The van der Waals surface area contributed by atoms with E-state index in [2.05, 4.69) is 10.3 Å². The van der Waals surface area contributed by atoms with Gasteiger partial charge in [-0.1, -0.05) is 13.8 Å². The van der Waals surface area contributed by atoms with E-state index in [9.17, 15) is 10.1 Å². The lowest BCUT2D eigenvalue weighted by molar-refractivity contribution is -0.388. The summed E-state index contributed by atoms with van der Waals surface area (Å²) in [5, 5.41) is 14.2. The number of nitrogens with one attached hydrogen (secondary N) is 1. The molecule has 7 nitrogen and oxygen atoms in total. The zero-order valence-corrected chi connectivity index (χ0v) is 12.1. The van der Waals surface area contributed by atoms with Crippen molar-refractivity contribution >= 4 is 11.6 Å². The number of anilines is 1. The quantitative estimate of drug-likeness (QED) is 0.606. The summed E-state index contributed by atoms with van der Waals surface area (Å²) >= 11 is 0. The first-order valence-corrected chi connectivity index (χ1v) is 6.40. The van der Waals surface area contributed by atoms with Gasteiger partial charge in [-0.05, 0) is 22.7 Å². The van der Waals surface area contributed by atoms with Crippen molar-refractivity contribution in [2.45, 2.75) is 33.7 Å². The highest BCUT2D eigenvalue weighted by Crippen LogP contribution is 2.25. The van der Waals surface area contributed by atoms with E-state index in [0.717, 1.165) is 0 Å². The number of hydrogen-bond donors (Lipinski definition) is 1. The molecule has 0 spiro atoms. The van der Waals surface area contributed by atoms with E-state index in [0.29, 0.717) is 30.8 Å². The number of nitro groups is 1. The second kappa shape index (κ2) is 6.51. The Kier molecular flexibility index (Phi) is 5.29. The molecular weight excluding hydrogens is 248 g/mol. The van der Waals surface area contributed by atoms with Crippen molar-refractivity contribution in [1.29, 1.82) is 0 Å². The van der Waals surface area contributed by atoms with E-state index < -0.39 is 4.92 Å². The largest absolute Gasteiger partial charge is 0.406 e. The fraction of sp³-hybridized carbons (Fsp3) is 0.750. The summed E-state index contributed by atoms with van der Waals surface area (Å²) in [6, 6.07) is 0.00782. The number of imidazole rings is 1. The molecule has 1 aromatic rings. The van der Waals surface area contributed by atoms with Crippen LogP contribution in [0.2, 0.25) is 0 Å². The Morgan fingerprint density at radius 3 is 2.63 bits per heavy atom. The number of aryl methyl sites for hydroxylation is 1. The van der Waals surface area contributed by atoms with E-state index in [1.807, 2.05) is 20.8 Å². The zero-order valence-electron chi connectivity index (χ0n) is 12.1. The monoisotopic (exact) mass is 270 g/mol. The van der Waals surface area contributed by atoms with Crippen LogP contribution >= 0.6 is 0 Å². The molecule has 0 saturated heterocycles. The molecule has 1 heterocycles. The number of rotatable bonds is 7. The molecule has 0 aliphatic rings. The van der Waals surface area contributed by atoms with Crippen LogP contribution in [0.5, 0.6) is 0 Å².